The predicted octanol–water partition coefficient (Wildman–Crippen LogP) is 3.49. The summed E-state index contributed by atoms with van der Waals surface area (Å²) in [5.41, 5.74) is 6.76. The van der Waals surface area contributed by atoms with Crippen LogP contribution in [0.1, 0.15) is 41.5 Å². The van der Waals surface area contributed by atoms with E-state index < -0.39 is 0 Å². The molecule has 1 saturated carbocycles. The van der Waals surface area contributed by atoms with Gasteiger partial charge in [0, 0.05) is 17.6 Å². The van der Waals surface area contributed by atoms with Gasteiger partial charge in [-0.3, -0.25) is 0 Å². The van der Waals surface area contributed by atoms with Gasteiger partial charge in [-0.1, -0.05) is 12.5 Å². The largest absolute Gasteiger partial charge is 0.396 e. The molecule has 0 atom stereocenters. The molecule has 1 aromatic carbocycles. The standard InChI is InChI=1S/C16H25NO/c1-11-8-12(2)14(4)15(13(11)3)17-9-16(10-18)6-5-7-16/h8,17-18H,5-7,9-10H2,1-4H3. The number of aliphatic hydroxyl groups is 1. The van der Waals surface area contributed by atoms with Crippen LogP contribution in [0.15, 0.2) is 6.07 Å². The van der Waals surface area contributed by atoms with E-state index in [1.54, 1.807) is 0 Å². The molecule has 0 bridgehead atoms. The zero-order chi connectivity index (χ0) is 13.3. The van der Waals surface area contributed by atoms with Crippen LogP contribution in [0, 0.1) is 33.1 Å². The molecule has 1 fully saturated rings. The number of aryl methyl sites for hydroxylation is 2. The fourth-order valence-corrected chi connectivity index (χ4v) is 2.83. The maximum Gasteiger partial charge on any atom is 0.0504 e. The molecular weight excluding hydrogens is 222 g/mol. The molecule has 1 aliphatic carbocycles. The summed E-state index contributed by atoms with van der Waals surface area (Å²) in [5.74, 6) is 0. The van der Waals surface area contributed by atoms with Crippen LogP contribution in [0.3, 0.4) is 0 Å². The van der Waals surface area contributed by atoms with Crippen LogP contribution in [-0.4, -0.2) is 18.3 Å². The summed E-state index contributed by atoms with van der Waals surface area (Å²) in [5, 5.41) is 13.1. The van der Waals surface area contributed by atoms with E-state index in [0.29, 0.717) is 6.61 Å². The average molecular weight is 247 g/mol. The molecule has 0 aromatic heterocycles. The van der Waals surface area contributed by atoms with E-state index in [1.807, 2.05) is 0 Å². The highest BCUT2D eigenvalue weighted by Crippen LogP contribution is 2.41. The lowest BCUT2D eigenvalue weighted by Crippen LogP contribution is -2.40. The van der Waals surface area contributed by atoms with Gasteiger partial charge in [-0.15, -0.1) is 0 Å². The molecule has 0 amide bonds. The molecule has 2 nitrogen and oxygen atoms in total. The Morgan fingerprint density at radius 3 is 2.06 bits per heavy atom. The maximum atomic E-state index is 9.52. The third-order valence-corrected chi connectivity index (χ3v) is 4.76. The number of hydrogen-bond acceptors (Lipinski definition) is 2. The summed E-state index contributed by atoms with van der Waals surface area (Å²) < 4.78 is 0. The Morgan fingerprint density at radius 1 is 1.11 bits per heavy atom. The third-order valence-electron chi connectivity index (χ3n) is 4.76. The van der Waals surface area contributed by atoms with Gasteiger partial charge >= 0.3 is 0 Å². The molecule has 100 valence electrons. The van der Waals surface area contributed by atoms with Crippen LogP contribution in [0.5, 0.6) is 0 Å². The van der Waals surface area contributed by atoms with E-state index in [0.717, 1.165) is 19.4 Å². The van der Waals surface area contributed by atoms with E-state index in [9.17, 15) is 5.11 Å². The van der Waals surface area contributed by atoms with E-state index in [2.05, 4.69) is 39.1 Å². The number of benzene rings is 1. The number of hydrogen-bond donors (Lipinski definition) is 2. The van der Waals surface area contributed by atoms with Gasteiger partial charge in [-0.05, 0) is 62.8 Å². The second-order valence-electron chi connectivity index (χ2n) is 6.00. The Kier molecular flexibility index (Phi) is 3.67. The zero-order valence-electron chi connectivity index (χ0n) is 12.1. The summed E-state index contributed by atoms with van der Waals surface area (Å²) in [6.45, 7) is 9.89. The summed E-state index contributed by atoms with van der Waals surface area (Å²) in [6, 6.07) is 2.25. The first-order chi connectivity index (χ1) is 8.49. The fraction of sp³-hybridized carbons (Fsp3) is 0.625. The Balaban J connectivity index is 2.19. The molecule has 2 rings (SSSR count). The molecule has 0 unspecified atom stereocenters. The molecule has 1 aliphatic rings. The molecule has 0 spiro atoms. The molecule has 2 heteroatoms. The first-order valence-electron chi connectivity index (χ1n) is 6.91. The summed E-state index contributed by atoms with van der Waals surface area (Å²) in [6.07, 6.45) is 3.56. The van der Waals surface area contributed by atoms with E-state index in [4.69, 9.17) is 0 Å². The van der Waals surface area contributed by atoms with Crippen LogP contribution in [0.4, 0.5) is 5.69 Å². The fourth-order valence-electron chi connectivity index (χ4n) is 2.83. The highest BCUT2D eigenvalue weighted by Gasteiger charge is 2.36. The lowest BCUT2D eigenvalue weighted by atomic mass is 9.69. The van der Waals surface area contributed by atoms with Crippen LogP contribution >= 0.6 is 0 Å². The van der Waals surface area contributed by atoms with Crippen molar-refractivity contribution in [3.63, 3.8) is 0 Å². The summed E-state index contributed by atoms with van der Waals surface area (Å²) >= 11 is 0. The van der Waals surface area contributed by atoms with Crippen molar-refractivity contribution in [2.24, 2.45) is 5.41 Å². The Bertz CT molecular complexity index is 415. The number of aliphatic hydroxyl groups excluding tert-OH is 1. The summed E-state index contributed by atoms with van der Waals surface area (Å²) in [4.78, 5) is 0. The quantitative estimate of drug-likeness (QED) is 0.853. The van der Waals surface area contributed by atoms with Gasteiger partial charge in [0.25, 0.3) is 0 Å². The first-order valence-corrected chi connectivity index (χ1v) is 6.91. The molecule has 0 aliphatic heterocycles. The van der Waals surface area contributed by atoms with Crippen LogP contribution < -0.4 is 5.32 Å². The van der Waals surface area contributed by atoms with Crippen LogP contribution in [-0.2, 0) is 0 Å². The minimum atomic E-state index is 0.135. The van der Waals surface area contributed by atoms with E-state index in [1.165, 1.54) is 34.4 Å². The molecule has 0 heterocycles. The molecule has 0 radical (unpaired) electrons. The van der Waals surface area contributed by atoms with Gasteiger partial charge in [-0.25, -0.2) is 0 Å². The second kappa shape index (κ2) is 4.93. The zero-order valence-corrected chi connectivity index (χ0v) is 12.1. The van der Waals surface area contributed by atoms with Crippen molar-refractivity contribution in [1.82, 2.24) is 0 Å². The average Bonchev–Trinajstić information content (AvgIpc) is 2.29. The van der Waals surface area contributed by atoms with E-state index in [-0.39, 0.29) is 5.41 Å². The Hall–Kier alpha value is -1.02. The SMILES string of the molecule is Cc1cc(C)c(C)c(NCC2(CO)CCC2)c1C. The van der Waals surface area contributed by atoms with Crippen LogP contribution in [0.25, 0.3) is 0 Å². The van der Waals surface area contributed by atoms with Crippen molar-refractivity contribution >= 4 is 5.69 Å². The predicted molar refractivity (Wildman–Crippen MR) is 77.2 cm³/mol. The summed E-state index contributed by atoms with van der Waals surface area (Å²) in [7, 11) is 0. The van der Waals surface area contributed by atoms with Crippen molar-refractivity contribution in [3.05, 3.63) is 28.3 Å². The monoisotopic (exact) mass is 247 g/mol. The van der Waals surface area contributed by atoms with Gasteiger partial charge < -0.3 is 10.4 Å². The highest BCUT2D eigenvalue weighted by molar-refractivity contribution is 5.62. The van der Waals surface area contributed by atoms with Gasteiger partial charge in [0.15, 0.2) is 0 Å². The number of rotatable bonds is 4. The Morgan fingerprint density at radius 2 is 1.67 bits per heavy atom. The topological polar surface area (TPSA) is 32.3 Å². The smallest absolute Gasteiger partial charge is 0.0504 e. The van der Waals surface area contributed by atoms with Gasteiger partial charge in [-0.2, -0.15) is 0 Å². The molecule has 18 heavy (non-hydrogen) atoms. The first kappa shape index (κ1) is 13.4. The molecule has 1 aromatic rings. The highest BCUT2D eigenvalue weighted by atomic mass is 16.3. The lowest BCUT2D eigenvalue weighted by Gasteiger charge is -2.41. The molecule has 0 saturated heterocycles. The number of nitrogens with one attached hydrogen (secondary N) is 1. The minimum absolute atomic E-state index is 0.135. The van der Waals surface area contributed by atoms with E-state index >= 15 is 0 Å². The minimum Gasteiger partial charge on any atom is -0.396 e. The van der Waals surface area contributed by atoms with Crippen molar-refractivity contribution < 1.29 is 5.11 Å². The normalized spacial score (nSPS) is 17.4. The van der Waals surface area contributed by atoms with Crippen LogP contribution in [0.2, 0.25) is 0 Å². The van der Waals surface area contributed by atoms with Gasteiger partial charge in [0.1, 0.15) is 0 Å². The number of anilines is 1. The third kappa shape index (κ3) is 2.26. The van der Waals surface area contributed by atoms with Crippen molar-refractivity contribution in [2.45, 2.75) is 47.0 Å². The van der Waals surface area contributed by atoms with Crippen molar-refractivity contribution in [2.75, 3.05) is 18.5 Å². The van der Waals surface area contributed by atoms with Crippen molar-refractivity contribution in [3.8, 4) is 0 Å². The maximum absolute atomic E-state index is 9.52. The van der Waals surface area contributed by atoms with Crippen molar-refractivity contribution in [1.29, 1.82) is 0 Å². The van der Waals surface area contributed by atoms with Gasteiger partial charge in [0.2, 0.25) is 0 Å². The molecular formula is C16H25NO. The Labute approximate surface area is 110 Å². The lowest BCUT2D eigenvalue weighted by molar-refractivity contribution is 0.0576. The second-order valence-corrected chi connectivity index (χ2v) is 6.00. The molecule has 2 N–H and O–H groups in total. The van der Waals surface area contributed by atoms with Gasteiger partial charge in [0.05, 0.1) is 6.61 Å².